The van der Waals surface area contributed by atoms with Gasteiger partial charge in [-0.15, -0.1) is 10.0 Å². The van der Waals surface area contributed by atoms with E-state index in [1.54, 1.807) is 0 Å². The summed E-state index contributed by atoms with van der Waals surface area (Å²) < 4.78 is 11.1. The second-order valence-corrected chi connectivity index (χ2v) is 1.82. The predicted molar refractivity (Wildman–Crippen MR) is 22.5 cm³/mol. The molecule has 3 heteroatoms. The molecule has 0 aromatic heterocycles. The lowest BCUT2D eigenvalue weighted by molar-refractivity contribution is 0.207. The number of nitrogens with two attached hydrogens (primary N) is 1. The van der Waals surface area contributed by atoms with Gasteiger partial charge in [0.05, 0.1) is 5.66 Å². The summed E-state index contributed by atoms with van der Waals surface area (Å²) in [5, 5.41) is 0. The van der Waals surface area contributed by atoms with Crippen molar-refractivity contribution in [1.29, 1.82) is 0 Å². The molecule has 0 rings (SSSR count). The normalized spacial score (nSPS) is 12.0. The number of halogens is 1. The van der Waals surface area contributed by atoms with Crippen LogP contribution in [0.1, 0.15) is 13.8 Å². The maximum absolute atomic E-state index is 11.1. The van der Waals surface area contributed by atoms with Crippen molar-refractivity contribution in [2.75, 3.05) is 0 Å². The summed E-state index contributed by atoms with van der Waals surface area (Å²) in [6.45, 7) is 3.07. The molecule has 0 bridgehead atoms. The van der Waals surface area contributed by atoms with Gasteiger partial charge in [0.25, 0.3) is 0 Å². The third kappa shape index (κ3) is 3.85. The van der Waals surface area contributed by atoms with Crippen LogP contribution in [0.2, 0.25) is 0 Å². The summed E-state index contributed by atoms with van der Waals surface area (Å²) in [6.07, 6.45) is 0. The lowest BCUT2D eigenvalue weighted by Gasteiger charge is -2.11. The molecule has 6 heavy (non-hydrogen) atoms. The van der Waals surface area contributed by atoms with Crippen molar-refractivity contribution in [2.45, 2.75) is 19.5 Å². The highest BCUT2D eigenvalue weighted by molar-refractivity contribution is 4.59. The molecular weight excluding hydrogens is 83.0 g/mol. The molecule has 0 amide bonds. The van der Waals surface area contributed by atoms with Crippen molar-refractivity contribution in [3.63, 3.8) is 0 Å². The van der Waals surface area contributed by atoms with Crippen molar-refractivity contribution in [2.24, 2.45) is 5.73 Å². The topological polar surface area (TPSA) is 38.0 Å². The first-order valence-corrected chi connectivity index (χ1v) is 1.73. The fourth-order valence-electron chi connectivity index (χ4n) is 0. The monoisotopic (exact) mass is 92.1 g/mol. The Kier molecular flexibility index (Phi) is 1.49. The van der Waals surface area contributed by atoms with E-state index in [4.69, 9.17) is 5.73 Å². The molecule has 0 saturated carbocycles. The molecule has 3 N–H and O–H groups in total. The molecule has 0 heterocycles. The maximum Gasteiger partial charge on any atom is 0.0890 e. The van der Waals surface area contributed by atoms with Gasteiger partial charge in [-0.2, -0.15) is 0 Å². The Morgan fingerprint density at radius 2 is 1.83 bits per heavy atom. The smallest absolute Gasteiger partial charge is 0.0890 e. The van der Waals surface area contributed by atoms with Crippen LogP contribution >= 0.6 is 0 Å². The number of hydrogen-bond donors (Lipinski definition) is 2. The second kappa shape index (κ2) is 1.53. The van der Waals surface area contributed by atoms with Crippen LogP contribution in [-0.4, -0.2) is 5.66 Å². The van der Waals surface area contributed by atoms with Gasteiger partial charge in [-0.25, -0.2) is 0 Å². The molecule has 0 unspecified atom stereocenters. The van der Waals surface area contributed by atoms with Gasteiger partial charge in [0.2, 0.25) is 0 Å². The van der Waals surface area contributed by atoms with Crippen molar-refractivity contribution >= 4 is 0 Å². The molecule has 0 aliphatic rings. The van der Waals surface area contributed by atoms with E-state index < -0.39 is 5.66 Å². The first-order chi connectivity index (χ1) is 2.56. The average Bonchev–Trinajstić information content (AvgIpc) is 1.35. The Morgan fingerprint density at radius 3 is 1.83 bits per heavy atom. The molecule has 0 spiro atoms. The van der Waals surface area contributed by atoms with Gasteiger partial charge in [-0.3, -0.25) is 0 Å². The number of rotatable bonds is 1. The predicted octanol–water partition coefficient (Wildman–Crippen LogP) is 0.155. The van der Waals surface area contributed by atoms with Crippen LogP contribution in [-0.2, 0) is 0 Å². The van der Waals surface area contributed by atoms with E-state index in [-0.39, 0.29) is 0 Å². The van der Waals surface area contributed by atoms with E-state index in [1.165, 1.54) is 19.4 Å². The zero-order chi connectivity index (χ0) is 5.21. The zero-order valence-corrected chi connectivity index (χ0v) is 3.96. The minimum Gasteiger partial charge on any atom is -0.312 e. The van der Waals surface area contributed by atoms with Crippen molar-refractivity contribution in [3.05, 3.63) is 0 Å². The Morgan fingerprint density at radius 1 is 1.67 bits per heavy atom. The molecule has 0 radical (unpaired) electrons. The fourth-order valence-corrected chi connectivity index (χ4v) is 0. The lowest BCUT2D eigenvalue weighted by Crippen LogP contribution is -2.42. The second-order valence-electron chi connectivity index (χ2n) is 1.82. The molecule has 0 fully saturated rings. The van der Waals surface area contributed by atoms with Crippen LogP contribution in [0.3, 0.4) is 0 Å². The van der Waals surface area contributed by atoms with E-state index in [2.05, 4.69) is 0 Å². The maximum atomic E-state index is 11.1. The van der Waals surface area contributed by atoms with Crippen LogP contribution < -0.4 is 11.3 Å². The first-order valence-electron chi connectivity index (χ1n) is 1.73. The highest BCUT2D eigenvalue weighted by Gasteiger charge is 2.05. The molecule has 0 aromatic carbocycles. The molecule has 38 valence electrons. The minimum absolute atomic E-state index is 0.875. The summed E-state index contributed by atoms with van der Waals surface area (Å²) in [7, 11) is 0. The van der Waals surface area contributed by atoms with E-state index in [0.717, 1.165) is 0 Å². The van der Waals surface area contributed by atoms with E-state index in [0.29, 0.717) is 0 Å². The van der Waals surface area contributed by atoms with Crippen molar-refractivity contribution in [1.82, 2.24) is 5.54 Å². The standard InChI is InChI=1S/C3H9FN2/c1-3(2,5)6-4/h6H,5H2,1-2H3. The van der Waals surface area contributed by atoms with Gasteiger partial charge in [-0.05, 0) is 13.8 Å². The lowest BCUT2D eigenvalue weighted by atomic mass is 10.3. The molecule has 0 aromatic rings. The van der Waals surface area contributed by atoms with Gasteiger partial charge < -0.3 is 5.73 Å². The molecular formula is C3H9FN2. The Balaban J connectivity index is 3.17. The third-order valence-electron chi connectivity index (χ3n) is 0.244. The minimum atomic E-state index is -0.875. The summed E-state index contributed by atoms with van der Waals surface area (Å²) in [5.41, 5.74) is 5.56. The van der Waals surface area contributed by atoms with Crippen molar-refractivity contribution in [3.8, 4) is 0 Å². The van der Waals surface area contributed by atoms with Crippen molar-refractivity contribution < 1.29 is 4.48 Å². The summed E-state index contributed by atoms with van der Waals surface area (Å²) in [5.74, 6) is 0. The highest BCUT2D eigenvalue weighted by atomic mass is 19.2. The molecule has 0 aliphatic carbocycles. The molecule has 0 saturated heterocycles. The van der Waals surface area contributed by atoms with Gasteiger partial charge in [-0.1, -0.05) is 0 Å². The number of nitrogens with one attached hydrogen (secondary N) is 1. The van der Waals surface area contributed by atoms with Crippen LogP contribution in [0.25, 0.3) is 0 Å². The molecule has 2 nitrogen and oxygen atoms in total. The van der Waals surface area contributed by atoms with Gasteiger partial charge in [0, 0.05) is 0 Å². The fraction of sp³-hybridized carbons (Fsp3) is 1.00. The van der Waals surface area contributed by atoms with Crippen LogP contribution in [0.5, 0.6) is 0 Å². The van der Waals surface area contributed by atoms with Crippen LogP contribution in [0.4, 0.5) is 4.48 Å². The quantitative estimate of drug-likeness (QED) is 0.357. The van der Waals surface area contributed by atoms with Gasteiger partial charge in [0.1, 0.15) is 0 Å². The van der Waals surface area contributed by atoms with Gasteiger partial charge >= 0.3 is 0 Å². The number of hydrogen-bond acceptors (Lipinski definition) is 2. The SMILES string of the molecule is CC(C)(N)NF. The molecule has 0 aliphatic heterocycles. The van der Waals surface area contributed by atoms with Crippen LogP contribution in [0, 0.1) is 0 Å². The zero-order valence-electron chi connectivity index (χ0n) is 3.96. The highest BCUT2D eigenvalue weighted by Crippen LogP contribution is 1.85. The summed E-state index contributed by atoms with van der Waals surface area (Å²) in [6, 6.07) is 0. The Labute approximate surface area is 36.5 Å². The van der Waals surface area contributed by atoms with Gasteiger partial charge in [0.15, 0.2) is 0 Å². The van der Waals surface area contributed by atoms with E-state index in [9.17, 15) is 4.48 Å². The molecule has 0 atom stereocenters. The first kappa shape index (κ1) is 5.85. The Bertz CT molecular complexity index is 38.5. The van der Waals surface area contributed by atoms with E-state index in [1.807, 2.05) is 0 Å². The van der Waals surface area contributed by atoms with E-state index >= 15 is 0 Å². The Hall–Kier alpha value is -0.150. The van der Waals surface area contributed by atoms with Crippen LogP contribution in [0.15, 0.2) is 0 Å². The summed E-state index contributed by atoms with van der Waals surface area (Å²) >= 11 is 0. The third-order valence-corrected chi connectivity index (χ3v) is 0.244. The average molecular weight is 92.1 g/mol. The summed E-state index contributed by atoms with van der Waals surface area (Å²) in [4.78, 5) is 0. The largest absolute Gasteiger partial charge is 0.312 e.